The molecule has 19 heavy (non-hydrogen) atoms. The van der Waals surface area contributed by atoms with Crippen molar-refractivity contribution in [2.45, 2.75) is 6.92 Å². The quantitative estimate of drug-likeness (QED) is 0.657. The van der Waals surface area contributed by atoms with Gasteiger partial charge in [-0.25, -0.2) is 0 Å². The van der Waals surface area contributed by atoms with E-state index in [1.165, 1.54) is 0 Å². The monoisotopic (exact) mass is 251 g/mol. The second-order valence-corrected chi connectivity index (χ2v) is 4.53. The maximum atomic E-state index is 12.6. The molecule has 0 spiro atoms. The molecule has 94 valence electrons. The van der Waals surface area contributed by atoms with Gasteiger partial charge in [0.15, 0.2) is 5.78 Å². The van der Waals surface area contributed by atoms with E-state index in [1.807, 2.05) is 38.2 Å². The van der Waals surface area contributed by atoms with E-state index in [0.717, 1.165) is 16.5 Å². The van der Waals surface area contributed by atoms with Crippen LogP contribution >= 0.6 is 0 Å². The van der Waals surface area contributed by atoms with Gasteiger partial charge >= 0.3 is 0 Å². The molecule has 0 aliphatic carbocycles. The highest BCUT2D eigenvalue weighted by Gasteiger charge is 2.16. The van der Waals surface area contributed by atoms with E-state index in [0.29, 0.717) is 11.1 Å². The number of hydrogen-bond donors (Lipinski definition) is 0. The van der Waals surface area contributed by atoms with Gasteiger partial charge in [-0.2, -0.15) is 5.10 Å². The van der Waals surface area contributed by atoms with Gasteiger partial charge in [0.25, 0.3) is 0 Å². The van der Waals surface area contributed by atoms with E-state index in [9.17, 15) is 4.79 Å². The Bertz CT molecular complexity index is 769. The van der Waals surface area contributed by atoms with Crippen LogP contribution in [-0.4, -0.2) is 20.5 Å². The highest BCUT2D eigenvalue weighted by Crippen LogP contribution is 2.21. The van der Waals surface area contributed by atoms with E-state index in [-0.39, 0.29) is 5.78 Å². The Balaban J connectivity index is 2.19. The maximum absolute atomic E-state index is 12.6. The maximum Gasteiger partial charge on any atom is 0.197 e. The van der Waals surface area contributed by atoms with E-state index in [1.54, 1.807) is 23.3 Å². The average molecular weight is 251 g/mol. The van der Waals surface area contributed by atoms with Gasteiger partial charge in [-0.05, 0) is 18.4 Å². The van der Waals surface area contributed by atoms with Crippen LogP contribution in [0.4, 0.5) is 0 Å². The molecule has 0 saturated carbocycles. The predicted octanol–water partition coefficient (Wildman–Crippen LogP) is 2.51. The van der Waals surface area contributed by atoms with Crippen molar-refractivity contribution in [2.24, 2.45) is 7.05 Å². The fourth-order valence-corrected chi connectivity index (χ4v) is 2.28. The van der Waals surface area contributed by atoms with Gasteiger partial charge in [0.2, 0.25) is 0 Å². The SMILES string of the molecule is Cc1nn(C)cc1C(=O)c1cccc2ccncc12. The van der Waals surface area contributed by atoms with Crippen molar-refractivity contribution in [1.29, 1.82) is 0 Å². The van der Waals surface area contributed by atoms with Gasteiger partial charge in [0.1, 0.15) is 0 Å². The predicted molar refractivity (Wildman–Crippen MR) is 73.1 cm³/mol. The first kappa shape index (κ1) is 11.6. The lowest BCUT2D eigenvalue weighted by molar-refractivity contribution is 0.103. The fourth-order valence-electron chi connectivity index (χ4n) is 2.28. The average Bonchev–Trinajstić information content (AvgIpc) is 2.76. The Kier molecular flexibility index (Phi) is 2.63. The molecule has 2 aromatic heterocycles. The van der Waals surface area contributed by atoms with Gasteiger partial charge in [0.05, 0.1) is 11.3 Å². The fraction of sp³-hybridized carbons (Fsp3) is 0.133. The lowest BCUT2D eigenvalue weighted by atomic mass is 9.99. The second-order valence-electron chi connectivity index (χ2n) is 4.53. The molecule has 4 nitrogen and oxygen atoms in total. The van der Waals surface area contributed by atoms with Crippen LogP contribution in [0.25, 0.3) is 10.8 Å². The smallest absolute Gasteiger partial charge is 0.197 e. The van der Waals surface area contributed by atoms with Crippen molar-refractivity contribution in [1.82, 2.24) is 14.8 Å². The van der Waals surface area contributed by atoms with Crippen LogP contribution in [0.2, 0.25) is 0 Å². The summed E-state index contributed by atoms with van der Waals surface area (Å²) in [6, 6.07) is 7.60. The van der Waals surface area contributed by atoms with Gasteiger partial charge < -0.3 is 0 Å². The molecule has 3 rings (SSSR count). The number of aromatic nitrogens is 3. The Labute approximate surface area is 110 Å². The summed E-state index contributed by atoms with van der Waals surface area (Å²) in [6.45, 7) is 1.84. The van der Waals surface area contributed by atoms with E-state index >= 15 is 0 Å². The standard InChI is InChI=1S/C15H13N3O/c1-10-14(9-18(2)17-10)15(19)12-5-3-4-11-6-7-16-8-13(11)12/h3-9H,1-2H3. The molecular weight excluding hydrogens is 238 g/mol. The first-order valence-corrected chi connectivity index (χ1v) is 6.04. The Morgan fingerprint density at radius 1 is 1.21 bits per heavy atom. The second kappa shape index (κ2) is 4.31. The number of hydrogen-bond acceptors (Lipinski definition) is 3. The van der Waals surface area contributed by atoms with E-state index in [2.05, 4.69) is 10.1 Å². The first-order chi connectivity index (χ1) is 9.16. The Hall–Kier alpha value is -2.49. The zero-order valence-electron chi connectivity index (χ0n) is 10.8. The summed E-state index contributed by atoms with van der Waals surface area (Å²) < 4.78 is 1.66. The topological polar surface area (TPSA) is 47.8 Å². The van der Waals surface area contributed by atoms with Crippen LogP contribution in [0.15, 0.2) is 42.9 Å². The van der Waals surface area contributed by atoms with Crippen molar-refractivity contribution >= 4 is 16.6 Å². The van der Waals surface area contributed by atoms with Crippen molar-refractivity contribution < 1.29 is 4.79 Å². The summed E-state index contributed by atoms with van der Waals surface area (Å²) >= 11 is 0. The molecule has 0 bridgehead atoms. The molecule has 0 saturated heterocycles. The number of ketones is 1. The highest BCUT2D eigenvalue weighted by molar-refractivity contribution is 6.16. The largest absolute Gasteiger partial charge is 0.288 e. The van der Waals surface area contributed by atoms with Crippen LogP contribution in [0.1, 0.15) is 21.6 Å². The molecule has 0 aliphatic rings. The minimum absolute atomic E-state index is 0.01000. The highest BCUT2D eigenvalue weighted by atomic mass is 16.1. The summed E-state index contributed by atoms with van der Waals surface area (Å²) in [5.74, 6) is -0.01000. The molecule has 3 aromatic rings. The minimum atomic E-state index is -0.01000. The summed E-state index contributed by atoms with van der Waals surface area (Å²) in [5, 5.41) is 6.11. The van der Waals surface area contributed by atoms with Crippen molar-refractivity contribution in [3.05, 3.63) is 59.7 Å². The zero-order valence-corrected chi connectivity index (χ0v) is 10.8. The molecule has 4 heteroatoms. The zero-order chi connectivity index (χ0) is 13.4. The number of rotatable bonds is 2. The van der Waals surface area contributed by atoms with Crippen LogP contribution in [0, 0.1) is 6.92 Å². The van der Waals surface area contributed by atoms with Gasteiger partial charge in [-0.15, -0.1) is 0 Å². The molecule has 0 amide bonds. The molecule has 1 aromatic carbocycles. The van der Waals surface area contributed by atoms with E-state index in [4.69, 9.17) is 0 Å². The third-order valence-corrected chi connectivity index (χ3v) is 3.19. The third-order valence-electron chi connectivity index (χ3n) is 3.19. The molecule has 0 N–H and O–H groups in total. The number of pyridine rings is 1. The van der Waals surface area contributed by atoms with Crippen LogP contribution in [-0.2, 0) is 7.05 Å². The first-order valence-electron chi connectivity index (χ1n) is 6.04. The number of fused-ring (bicyclic) bond motifs is 1. The van der Waals surface area contributed by atoms with Crippen molar-refractivity contribution in [3.8, 4) is 0 Å². The number of benzene rings is 1. The summed E-state index contributed by atoms with van der Waals surface area (Å²) in [7, 11) is 1.81. The van der Waals surface area contributed by atoms with Gasteiger partial charge in [-0.1, -0.05) is 18.2 Å². The lowest BCUT2D eigenvalue weighted by Crippen LogP contribution is -2.03. The van der Waals surface area contributed by atoms with Crippen molar-refractivity contribution in [2.75, 3.05) is 0 Å². The Morgan fingerprint density at radius 2 is 2.05 bits per heavy atom. The van der Waals surface area contributed by atoms with Crippen LogP contribution in [0.5, 0.6) is 0 Å². The normalized spacial score (nSPS) is 10.8. The number of carbonyl (C=O) groups excluding carboxylic acids is 1. The molecule has 0 fully saturated rings. The summed E-state index contributed by atoms with van der Waals surface area (Å²) in [4.78, 5) is 16.7. The number of aryl methyl sites for hydroxylation is 2. The molecular formula is C15H13N3O. The summed E-state index contributed by atoms with van der Waals surface area (Å²) in [5.41, 5.74) is 2.05. The molecule has 0 aliphatic heterocycles. The Morgan fingerprint density at radius 3 is 2.79 bits per heavy atom. The van der Waals surface area contributed by atoms with Crippen molar-refractivity contribution in [3.63, 3.8) is 0 Å². The lowest BCUT2D eigenvalue weighted by Gasteiger charge is -2.04. The molecule has 0 radical (unpaired) electrons. The van der Waals surface area contributed by atoms with Gasteiger partial charge in [0, 0.05) is 36.6 Å². The van der Waals surface area contributed by atoms with Crippen LogP contribution in [0.3, 0.4) is 0 Å². The number of nitrogens with zero attached hydrogens (tertiary/aromatic N) is 3. The molecule has 2 heterocycles. The molecule has 0 atom stereocenters. The third kappa shape index (κ3) is 1.91. The van der Waals surface area contributed by atoms with E-state index < -0.39 is 0 Å². The molecule has 0 unspecified atom stereocenters. The van der Waals surface area contributed by atoms with Crippen LogP contribution < -0.4 is 0 Å². The number of carbonyl (C=O) groups is 1. The summed E-state index contributed by atoms with van der Waals surface area (Å²) in [6.07, 6.45) is 5.22. The minimum Gasteiger partial charge on any atom is -0.288 e. The van der Waals surface area contributed by atoms with Gasteiger partial charge in [-0.3, -0.25) is 14.5 Å².